The summed E-state index contributed by atoms with van der Waals surface area (Å²) in [6, 6.07) is 12.3. The third-order valence-electron chi connectivity index (χ3n) is 6.05. The minimum Gasteiger partial charge on any atom is -0.496 e. The Balaban J connectivity index is 1.93. The molecule has 0 bridgehead atoms. The average molecular weight is 473 g/mol. The number of aromatic carboxylic acids is 1. The molecule has 0 aliphatic heterocycles. The van der Waals surface area contributed by atoms with E-state index in [-0.39, 0.29) is 28.6 Å². The summed E-state index contributed by atoms with van der Waals surface area (Å²) < 4.78 is 34.3. The maximum absolute atomic E-state index is 15.4. The molecule has 0 saturated carbocycles. The molecule has 2 aromatic heterocycles. The van der Waals surface area contributed by atoms with Crippen LogP contribution < -0.4 is 4.74 Å². The number of aromatic nitrogens is 3. The average Bonchev–Trinajstić information content (AvgIpc) is 3.29. The van der Waals surface area contributed by atoms with Gasteiger partial charge in [-0.05, 0) is 53.3 Å². The van der Waals surface area contributed by atoms with Gasteiger partial charge in [0.2, 0.25) is 0 Å². The molecule has 0 aliphatic carbocycles. The summed E-state index contributed by atoms with van der Waals surface area (Å²) >= 11 is 0. The van der Waals surface area contributed by atoms with Gasteiger partial charge in [0.25, 0.3) is 0 Å². The summed E-state index contributed by atoms with van der Waals surface area (Å²) in [5, 5.41) is 18.8. The van der Waals surface area contributed by atoms with Crippen molar-refractivity contribution in [1.82, 2.24) is 15.2 Å². The number of hydrogen-bond acceptors (Lipinski definition) is 4. The molecule has 0 unspecified atom stereocenters. The zero-order valence-corrected chi connectivity index (χ0v) is 19.2. The van der Waals surface area contributed by atoms with Crippen molar-refractivity contribution in [2.24, 2.45) is 0 Å². The minimum absolute atomic E-state index is 0.0279. The Labute approximate surface area is 199 Å². The summed E-state index contributed by atoms with van der Waals surface area (Å²) in [6.45, 7) is 3.96. The number of nitrogens with zero attached hydrogens (tertiary/aromatic N) is 2. The highest BCUT2D eigenvalue weighted by Crippen LogP contribution is 2.42. The second kappa shape index (κ2) is 8.47. The van der Waals surface area contributed by atoms with Gasteiger partial charge in [0.15, 0.2) is 0 Å². The van der Waals surface area contributed by atoms with Crippen LogP contribution in [0, 0.1) is 11.6 Å². The highest BCUT2D eigenvalue weighted by Gasteiger charge is 2.23. The second-order valence-electron chi connectivity index (χ2n) is 8.57. The number of ether oxygens (including phenoxy) is 1. The molecule has 0 spiro atoms. The van der Waals surface area contributed by atoms with Crippen LogP contribution in [0.2, 0.25) is 0 Å². The van der Waals surface area contributed by atoms with Crippen LogP contribution in [-0.2, 0) is 0 Å². The van der Waals surface area contributed by atoms with Crippen molar-refractivity contribution in [3.05, 3.63) is 77.6 Å². The van der Waals surface area contributed by atoms with E-state index in [0.29, 0.717) is 16.8 Å². The fraction of sp³-hybridized carbons (Fsp3) is 0.148. The number of H-pyrrole nitrogens is 1. The number of aromatic amines is 1. The van der Waals surface area contributed by atoms with Gasteiger partial charge in [-0.2, -0.15) is 5.10 Å². The fourth-order valence-corrected chi connectivity index (χ4v) is 4.38. The van der Waals surface area contributed by atoms with Gasteiger partial charge in [-0.15, -0.1) is 0 Å². The number of carbonyl (C=O) groups is 1. The summed E-state index contributed by atoms with van der Waals surface area (Å²) in [6.07, 6.45) is 1.70. The van der Waals surface area contributed by atoms with Crippen LogP contribution in [0.1, 0.15) is 35.8 Å². The fourth-order valence-electron chi connectivity index (χ4n) is 4.38. The Morgan fingerprint density at radius 2 is 1.80 bits per heavy atom. The maximum Gasteiger partial charge on any atom is 0.339 e. The van der Waals surface area contributed by atoms with Gasteiger partial charge in [-0.25, -0.2) is 13.6 Å². The first-order valence-electron chi connectivity index (χ1n) is 11.0. The van der Waals surface area contributed by atoms with Gasteiger partial charge in [0.1, 0.15) is 22.9 Å². The Morgan fingerprint density at radius 1 is 1.06 bits per heavy atom. The first kappa shape index (κ1) is 22.5. The Kier molecular flexibility index (Phi) is 5.43. The first-order chi connectivity index (χ1) is 16.8. The standard InChI is InChI=1S/C27H21F2N3O3/c1-13(2)25-24(14-4-6-16(28)7-5-14)17-8-15-12-30-32-22(15)10-18(17)26(31-25)19-11-23(35-3)20(27(33)34)9-21(19)29/h4-13H,1-3H3,(H,30,32)(H,33,34). The smallest absolute Gasteiger partial charge is 0.339 e. The quantitative estimate of drug-likeness (QED) is 0.302. The number of fused-ring (bicyclic) bond motifs is 2. The van der Waals surface area contributed by atoms with Crippen molar-refractivity contribution in [1.29, 1.82) is 0 Å². The van der Waals surface area contributed by atoms with Crippen LogP contribution in [0.5, 0.6) is 5.75 Å². The lowest BCUT2D eigenvalue weighted by molar-refractivity contribution is 0.0692. The number of hydrogen-bond donors (Lipinski definition) is 2. The number of benzene rings is 3. The molecule has 2 heterocycles. The zero-order valence-electron chi connectivity index (χ0n) is 19.2. The van der Waals surface area contributed by atoms with Gasteiger partial charge in [0.05, 0.1) is 30.2 Å². The van der Waals surface area contributed by atoms with Gasteiger partial charge in [-0.3, -0.25) is 10.1 Å². The summed E-state index contributed by atoms with van der Waals surface area (Å²) in [5.41, 5.74) is 3.21. The molecule has 176 valence electrons. The summed E-state index contributed by atoms with van der Waals surface area (Å²) in [4.78, 5) is 16.5. The normalized spacial score (nSPS) is 11.5. The number of rotatable bonds is 5. The van der Waals surface area contributed by atoms with Crippen molar-refractivity contribution < 1.29 is 23.4 Å². The van der Waals surface area contributed by atoms with E-state index in [1.54, 1.807) is 18.3 Å². The van der Waals surface area contributed by atoms with Crippen molar-refractivity contribution in [3.8, 4) is 28.1 Å². The minimum atomic E-state index is -1.29. The molecule has 5 aromatic rings. The largest absolute Gasteiger partial charge is 0.496 e. The van der Waals surface area contributed by atoms with Crippen molar-refractivity contribution in [3.63, 3.8) is 0 Å². The molecular weight excluding hydrogens is 452 g/mol. The number of halogens is 2. The second-order valence-corrected chi connectivity index (χ2v) is 8.57. The number of methoxy groups -OCH3 is 1. The maximum atomic E-state index is 15.4. The lowest BCUT2D eigenvalue weighted by Gasteiger charge is -2.19. The van der Waals surface area contributed by atoms with Crippen molar-refractivity contribution in [2.75, 3.05) is 7.11 Å². The number of pyridine rings is 1. The molecule has 2 N–H and O–H groups in total. The van der Waals surface area contributed by atoms with Crippen molar-refractivity contribution >= 4 is 27.6 Å². The Morgan fingerprint density at radius 3 is 2.46 bits per heavy atom. The topological polar surface area (TPSA) is 88.1 Å². The molecule has 35 heavy (non-hydrogen) atoms. The van der Waals surface area contributed by atoms with Crippen LogP contribution in [0.3, 0.4) is 0 Å². The molecule has 6 nitrogen and oxygen atoms in total. The molecule has 0 fully saturated rings. The number of carboxylic acids is 1. The predicted octanol–water partition coefficient (Wildman–Crippen LogP) is 6.55. The van der Waals surface area contributed by atoms with E-state index in [0.717, 1.165) is 33.5 Å². The summed E-state index contributed by atoms with van der Waals surface area (Å²) in [5.74, 6) is -2.40. The Hall–Kier alpha value is -4.33. The van der Waals surface area contributed by atoms with E-state index >= 15 is 4.39 Å². The SMILES string of the molecule is COc1cc(-c2nc(C(C)C)c(-c3ccc(F)cc3)c3cc4cn[nH]c4cc23)c(F)cc1C(=O)O. The molecular formula is C27H21F2N3O3. The van der Waals surface area contributed by atoms with Gasteiger partial charge >= 0.3 is 5.97 Å². The number of nitrogens with one attached hydrogen (secondary N) is 1. The van der Waals surface area contributed by atoms with Crippen LogP contribution in [-0.4, -0.2) is 33.4 Å². The van der Waals surface area contributed by atoms with Gasteiger partial charge in [0, 0.05) is 21.9 Å². The Bertz CT molecular complexity index is 1610. The predicted molar refractivity (Wildman–Crippen MR) is 130 cm³/mol. The van der Waals surface area contributed by atoms with Gasteiger partial charge < -0.3 is 9.84 Å². The number of carboxylic acid groups (broad SMARTS) is 1. The van der Waals surface area contributed by atoms with E-state index in [9.17, 15) is 14.3 Å². The molecule has 8 heteroatoms. The van der Waals surface area contributed by atoms with E-state index in [1.807, 2.05) is 26.0 Å². The molecule has 0 radical (unpaired) electrons. The van der Waals surface area contributed by atoms with E-state index in [1.165, 1.54) is 25.3 Å². The van der Waals surface area contributed by atoms with Gasteiger partial charge in [-0.1, -0.05) is 26.0 Å². The van der Waals surface area contributed by atoms with Crippen molar-refractivity contribution in [2.45, 2.75) is 19.8 Å². The van der Waals surface area contributed by atoms with E-state index < -0.39 is 11.8 Å². The molecule has 3 aromatic carbocycles. The molecule has 5 rings (SSSR count). The molecule has 0 amide bonds. The summed E-state index contributed by atoms with van der Waals surface area (Å²) in [7, 11) is 1.33. The third-order valence-corrected chi connectivity index (χ3v) is 6.05. The highest BCUT2D eigenvalue weighted by atomic mass is 19.1. The van der Waals surface area contributed by atoms with Crippen LogP contribution in [0.15, 0.2) is 54.7 Å². The lowest BCUT2D eigenvalue weighted by atomic mass is 9.89. The first-order valence-corrected chi connectivity index (χ1v) is 11.0. The zero-order chi connectivity index (χ0) is 24.9. The molecule has 0 saturated heterocycles. The monoisotopic (exact) mass is 473 g/mol. The lowest BCUT2D eigenvalue weighted by Crippen LogP contribution is -2.05. The van der Waals surface area contributed by atoms with Crippen LogP contribution >= 0.6 is 0 Å². The highest BCUT2D eigenvalue weighted by molar-refractivity contribution is 6.10. The molecule has 0 atom stereocenters. The van der Waals surface area contributed by atoms with E-state index in [2.05, 4.69) is 10.2 Å². The van der Waals surface area contributed by atoms with E-state index in [4.69, 9.17) is 9.72 Å². The third kappa shape index (κ3) is 3.77. The van der Waals surface area contributed by atoms with Crippen LogP contribution in [0.25, 0.3) is 44.1 Å². The molecule has 0 aliphatic rings. The van der Waals surface area contributed by atoms with Crippen LogP contribution in [0.4, 0.5) is 8.78 Å².